The van der Waals surface area contributed by atoms with Crippen molar-refractivity contribution in [2.45, 2.75) is 106 Å². The maximum Gasteiger partial charge on any atom is 0.320 e. The fourth-order valence-corrected chi connectivity index (χ4v) is 16.2. The minimum absolute atomic E-state index is 0.00542. The fourth-order valence-electron chi connectivity index (χ4n) is 13.4. The van der Waals surface area contributed by atoms with E-state index in [1.54, 1.807) is 47.8 Å². The number of nitrogens with two attached hydrogens (primary N) is 2. The molecule has 514 valence electrons. The molecule has 4 saturated heterocycles. The van der Waals surface area contributed by atoms with Gasteiger partial charge in [-0.3, -0.25) is 19.7 Å². The third-order valence-corrected chi connectivity index (χ3v) is 22.4. The van der Waals surface area contributed by atoms with Gasteiger partial charge in [-0.05, 0) is 104 Å². The van der Waals surface area contributed by atoms with Gasteiger partial charge in [-0.1, -0.05) is 78.9 Å². The maximum atomic E-state index is 16.9. The first-order valence-corrected chi connectivity index (χ1v) is 36.3. The number of urea groups is 1. The van der Waals surface area contributed by atoms with Crippen molar-refractivity contribution in [2.75, 3.05) is 65.2 Å². The van der Waals surface area contributed by atoms with Crippen LogP contribution < -0.4 is 42.2 Å². The number of thioether (sulfide) groups is 1. The van der Waals surface area contributed by atoms with Gasteiger partial charge >= 0.3 is 11.9 Å². The van der Waals surface area contributed by atoms with E-state index in [1.807, 2.05) is 91.2 Å². The third-order valence-electron chi connectivity index (χ3n) is 19.0. The maximum absolute atomic E-state index is 16.9. The third kappa shape index (κ3) is 13.4. The highest BCUT2D eigenvalue weighted by Crippen LogP contribution is 2.41. The van der Waals surface area contributed by atoms with Crippen molar-refractivity contribution in [2.24, 2.45) is 11.5 Å². The van der Waals surface area contributed by atoms with Crippen molar-refractivity contribution in [1.29, 1.82) is 0 Å². The van der Waals surface area contributed by atoms with Crippen LogP contribution in [0.5, 0.6) is 11.8 Å². The number of ether oxygens (including phenoxy) is 2. The molecule has 6 aromatic heterocycles. The van der Waals surface area contributed by atoms with Crippen LogP contribution in [0.25, 0.3) is 0 Å². The summed E-state index contributed by atoms with van der Waals surface area (Å²) >= 11 is 2.65. The Kier molecular flexibility index (Phi) is 19.9. The molecule has 4 aliphatic heterocycles. The number of hydrogen-bond donors (Lipinski definition) is 6. The van der Waals surface area contributed by atoms with Crippen LogP contribution >= 0.6 is 23.1 Å². The monoisotopic (exact) mass is 1390 g/mol. The predicted octanol–water partition coefficient (Wildman–Crippen LogP) is 7.78. The quantitative estimate of drug-likeness (QED) is 0.0279. The van der Waals surface area contributed by atoms with Gasteiger partial charge in [0.15, 0.2) is 5.76 Å². The molecule has 98 heavy (non-hydrogen) atoms. The lowest BCUT2D eigenvalue weighted by Crippen LogP contribution is -2.59. The molecule has 25 nitrogen and oxygen atoms in total. The Labute approximate surface area is 574 Å². The predicted molar refractivity (Wildman–Crippen MR) is 365 cm³/mol. The van der Waals surface area contributed by atoms with E-state index in [0.29, 0.717) is 51.8 Å². The van der Waals surface area contributed by atoms with Crippen LogP contribution in [0.3, 0.4) is 0 Å². The zero-order chi connectivity index (χ0) is 68.6. The Balaban J connectivity index is 0.780. The van der Waals surface area contributed by atoms with Crippen LogP contribution in [-0.4, -0.2) is 153 Å². The van der Waals surface area contributed by atoms with Crippen LogP contribution in [0, 0.1) is 19.7 Å². The molecule has 0 aliphatic carbocycles. The van der Waals surface area contributed by atoms with E-state index in [9.17, 15) is 27.6 Å². The Bertz CT molecular complexity index is 4440. The Hall–Kier alpha value is -8.62. The van der Waals surface area contributed by atoms with E-state index in [2.05, 4.69) is 33.3 Å². The molecule has 10 heterocycles. The number of sulfonamides is 1. The highest BCUT2D eigenvalue weighted by atomic mass is 32.2. The number of nitrogens with zero attached hydrogens (tertiary/aromatic N) is 9. The molecule has 0 saturated carbocycles. The van der Waals surface area contributed by atoms with Gasteiger partial charge in [-0.15, -0.1) is 23.1 Å². The molecule has 0 radical (unpaired) electrons. The summed E-state index contributed by atoms with van der Waals surface area (Å²) in [4.78, 5) is 59.4. The normalized spacial score (nSPS) is 20.1. The molecule has 8 N–H and O–H groups in total. The summed E-state index contributed by atoms with van der Waals surface area (Å²) in [5.74, 6) is -2.07. The summed E-state index contributed by atoms with van der Waals surface area (Å²) in [5, 5.41) is 30.5. The van der Waals surface area contributed by atoms with Crippen molar-refractivity contribution < 1.29 is 50.3 Å². The number of carbonyl (C=O) groups excluding carboxylic acids is 4. The van der Waals surface area contributed by atoms with Crippen molar-refractivity contribution in [3.63, 3.8) is 0 Å². The first kappa shape index (κ1) is 67.9. The summed E-state index contributed by atoms with van der Waals surface area (Å²) in [5.41, 5.74) is 20.6. The molecule has 0 bridgehead atoms. The summed E-state index contributed by atoms with van der Waals surface area (Å²) in [6.07, 6.45) is 6.46. The first-order valence-electron chi connectivity index (χ1n) is 32.6. The molecule has 4 fully saturated rings. The van der Waals surface area contributed by atoms with Crippen molar-refractivity contribution in [1.82, 2.24) is 64.7 Å². The van der Waals surface area contributed by atoms with Gasteiger partial charge in [0.05, 0.1) is 64.4 Å². The van der Waals surface area contributed by atoms with E-state index in [4.69, 9.17) is 40.0 Å². The molecule has 0 spiro atoms. The Morgan fingerprint density at radius 3 is 2.06 bits per heavy atom. The molecular weight excluding hydrogens is 1310 g/mol. The molecule has 29 heteroatoms. The average Bonchev–Trinajstić information content (AvgIpc) is 1.60. The van der Waals surface area contributed by atoms with Gasteiger partial charge in [0.1, 0.15) is 30.2 Å². The molecular formula is C69H78FN15O10S3. The van der Waals surface area contributed by atoms with Gasteiger partial charge in [-0.25, -0.2) is 13.2 Å². The number of thiophene rings is 1. The number of likely N-dealkylation sites (tertiary alicyclic amines) is 2. The minimum Gasteiger partial charge on any atom is -0.472 e. The second kappa shape index (κ2) is 28.7. The van der Waals surface area contributed by atoms with Crippen LogP contribution in [0.15, 0.2) is 141 Å². The minimum atomic E-state index is -3.80. The summed E-state index contributed by atoms with van der Waals surface area (Å²) in [7, 11) is -3.80. The second-order valence-electron chi connectivity index (χ2n) is 25.2. The number of amides is 2. The zero-order valence-corrected chi connectivity index (χ0v) is 57.3. The number of benzene rings is 3. The van der Waals surface area contributed by atoms with Crippen LogP contribution in [0.1, 0.15) is 143 Å². The fraction of sp³-hybridized carbons (Fsp3) is 0.377. The topological polar surface area (TPSA) is 310 Å². The molecule has 2 amide bonds. The number of carbonyl (C=O) groups is 4. The number of piperazine rings is 2. The largest absolute Gasteiger partial charge is 0.472 e. The number of nitrogens with one attached hydrogen (secondary N) is 4. The summed E-state index contributed by atoms with van der Waals surface area (Å²) < 4.78 is 71.1. The van der Waals surface area contributed by atoms with Gasteiger partial charge in [0.25, 0.3) is 17.7 Å². The molecule has 7 atom stereocenters. The number of furan rings is 2. The standard InChI is InChI=1S/C69H78FN15O10S3/c1-41-57(52-35-81(44(52)4)68(89)80-28-6-7-29-80)77-83(62(86)49-24-32-92-38-49)65(41)94-36-45-14-20-50(21-15-45)69(40-71,51-22-16-46(17-23-51)37-95-66-56(70)60(53-34-73-27-30-82(53)98(5,90)91)79-84(66)64(88)55-11-9-33-96-55)76-61(72)48-18-12-47(13-19-48)39-97-67-42(2)58(59-43(3)74-25-26-75-59)78-85(67)63(87)54-10-8-31-93-54/h8-24,31-33,38,43-44,52-53,59,61,73-76H,6-7,25-30,34-37,39-40,71-72H2,1-5H3. The number of halogens is 1. The molecule has 3 aromatic carbocycles. The van der Waals surface area contributed by atoms with E-state index >= 15 is 4.39 Å². The Morgan fingerprint density at radius 2 is 1.44 bits per heavy atom. The van der Waals surface area contributed by atoms with Gasteiger partial charge in [0, 0.05) is 93.8 Å². The zero-order valence-electron chi connectivity index (χ0n) is 54.9. The lowest BCUT2D eigenvalue weighted by molar-refractivity contribution is 0.0756. The summed E-state index contributed by atoms with van der Waals surface area (Å²) in [6, 6.07) is 29.9. The van der Waals surface area contributed by atoms with E-state index in [1.165, 1.54) is 44.2 Å². The van der Waals surface area contributed by atoms with Gasteiger partial charge in [0.2, 0.25) is 21.7 Å². The highest BCUT2D eigenvalue weighted by Gasteiger charge is 2.45. The van der Waals surface area contributed by atoms with Crippen molar-refractivity contribution in [3.8, 4) is 11.8 Å². The first-order chi connectivity index (χ1) is 47.3. The molecule has 7 unspecified atom stereocenters. The molecule has 9 aromatic rings. The van der Waals surface area contributed by atoms with Crippen LogP contribution in [-0.2, 0) is 34.5 Å². The highest BCUT2D eigenvalue weighted by molar-refractivity contribution is 7.98. The molecule has 13 rings (SSSR count). The smallest absolute Gasteiger partial charge is 0.320 e. The number of rotatable bonds is 22. The van der Waals surface area contributed by atoms with Crippen LogP contribution in [0.2, 0.25) is 0 Å². The SMILES string of the molecule is Cc1c(C2CN(C(=O)N3CCCC3)C2C)nn(C(=O)c2ccoc2)c1OCc1ccc(C(CN)(NC(N)c2ccc(CSc3c(C)c(C4NCCNC4C)nn3C(=O)c3ccco3)cc2)c2ccc(COc3c(F)c(C4CNCCN4S(C)(=O)=O)nn3C(=O)c3cccs3)cc2)cc1. The van der Waals surface area contributed by atoms with E-state index < -0.39 is 51.3 Å². The number of hydrogen-bond acceptors (Lipinski definition) is 21. The van der Waals surface area contributed by atoms with Crippen molar-refractivity contribution in [3.05, 3.63) is 211 Å². The Morgan fingerprint density at radius 1 is 0.776 bits per heavy atom. The van der Waals surface area contributed by atoms with Gasteiger partial charge < -0.3 is 55.5 Å². The molecule has 4 aliphatic rings. The van der Waals surface area contributed by atoms with Crippen molar-refractivity contribution >= 4 is 56.9 Å². The second-order valence-corrected chi connectivity index (χ2v) is 29.1. The van der Waals surface area contributed by atoms with Gasteiger partial charge in [-0.2, -0.15) is 38.0 Å². The van der Waals surface area contributed by atoms with E-state index in [-0.39, 0.29) is 91.0 Å². The average molecular weight is 1390 g/mol. The van der Waals surface area contributed by atoms with Crippen LogP contribution in [0.4, 0.5) is 9.18 Å². The summed E-state index contributed by atoms with van der Waals surface area (Å²) in [6.45, 7) is 11.8. The lowest BCUT2D eigenvalue weighted by atomic mass is 9.81. The number of aromatic nitrogens is 6. The lowest BCUT2D eigenvalue weighted by Gasteiger charge is -2.47. The van der Waals surface area contributed by atoms with E-state index in [0.717, 1.165) is 94.8 Å².